The van der Waals surface area contributed by atoms with Gasteiger partial charge in [0.1, 0.15) is 11.5 Å². The monoisotopic (exact) mass is 334 g/mol. The zero-order valence-corrected chi connectivity index (χ0v) is 13.3. The first-order chi connectivity index (χ1) is 12.2. The van der Waals surface area contributed by atoms with Crippen molar-refractivity contribution in [3.8, 4) is 0 Å². The van der Waals surface area contributed by atoms with E-state index in [1.807, 2.05) is 24.3 Å². The quantitative estimate of drug-likeness (QED) is 0.796. The predicted octanol–water partition coefficient (Wildman–Crippen LogP) is 3.56. The number of anilines is 3. The Bertz CT molecular complexity index is 944. The number of para-hydroxylation sites is 1. The number of hydrogen-bond donors (Lipinski definition) is 1. The van der Waals surface area contributed by atoms with Crippen molar-refractivity contribution >= 4 is 23.2 Å². The van der Waals surface area contributed by atoms with E-state index in [1.165, 1.54) is 18.3 Å². The van der Waals surface area contributed by atoms with Crippen LogP contribution in [0.4, 0.5) is 21.7 Å². The summed E-state index contributed by atoms with van der Waals surface area (Å²) in [5.74, 6) is -0.274. The molecule has 0 radical (unpaired) electrons. The minimum atomic E-state index is -0.356. The fourth-order valence-corrected chi connectivity index (χ4v) is 2.92. The van der Waals surface area contributed by atoms with E-state index < -0.39 is 0 Å². The number of rotatable bonds is 3. The summed E-state index contributed by atoms with van der Waals surface area (Å²) in [7, 11) is 0. The normalized spacial score (nSPS) is 12.8. The molecule has 0 atom stereocenters. The summed E-state index contributed by atoms with van der Waals surface area (Å²) in [6.07, 6.45) is 2.35. The summed E-state index contributed by atoms with van der Waals surface area (Å²) >= 11 is 0. The first-order valence-electron chi connectivity index (χ1n) is 7.96. The van der Waals surface area contributed by atoms with Crippen LogP contribution in [0.3, 0.4) is 0 Å². The Morgan fingerprint density at radius 3 is 2.88 bits per heavy atom. The third kappa shape index (κ3) is 3.06. The molecule has 0 bridgehead atoms. The topological polar surface area (TPSA) is 58.1 Å². The van der Waals surface area contributed by atoms with Gasteiger partial charge in [0.15, 0.2) is 0 Å². The van der Waals surface area contributed by atoms with Crippen molar-refractivity contribution in [2.75, 3.05) is 16.8 Å². The molecule has 1 aliphatic heterocycles. The molecule has 0 unspecified atom stereocenters. The van der Waals surface area contributed by atoms with Gasteiger partial charge in [0.2, 0.25) is 5.95 Å². The SMILES string of the molecule is O=C(c1ccnc(Nc2cccc(F)c2)n1)N1CCc2ccccc21. The molecule has 3 aromatic rings. The van der Waals surface area contributed by atoms with E-state index in [-0.39, 0.29) is 17.7 Å². The highest BCUT2D eigenvalue weighted by atomic mass is 19.1. The van der Waals surface area contributed by atoms with E-state index in [1.54, 1.807) is 23.1 Å². The summed E-state index contributed by atoms with van der Waals surface area (Å²) in [5.41, 5.74) is 2.90. The molecule has 1 aliphatic rings. The molecule has 6 heteroatoms. The number of carbonyl (C=O) groups excluding carboxylic acids is 1. The molecule has 25 heavy (non-hydrogen) atoms. The lowest BCUT2D eigenvalue weighted by Crippen LogP contribution is -2.29. The summed E-state index contributed by atoms with van der Waals surface area (Å²) in [6.45, 7) is 0.634. The van der Waals surface area contributed by atoms with Crippen LogP contribution in [0.15, 0.2) is 60.8 Å². The molecular weight excluding hydrogens is 319 g/mol. The maximum absolute atomic E-state index is 13.3. The summed E-state index contributed by atoms with van der Waals surface area (Å²) in [6, 6.07) is 15.4. The second kappa shape index (κ2) is 6.32. The lowest BCUT2D eigenvalue weighted by atomic mass is 10.2. The van der Waals surface area contributed by atoms with Gasteiger partial charge in [0.05, 0.1) is 0 Å². The van der Waals surface area contributed by atoms with Gasteiger partial charge < -0.3 is 10.2 Å². The Balaban J connectivity index is 1.58. The molecule has 2 aromatic carbocycles. The van der Waals surface area contributed by atoms with Crippen LogP contribution in [0.25, 0.3) is 0 Å². The predicted molar refractivity (Wildman–Crippen MR) is 93.5 cm³/mol. The first-order valence-corrected chi connectivity index (χ1v) is 7.96. The molecule has 1 aromatic heterocycles. The summed E-state index contributed by atoms with van der Waals surface area (Å²) in [4.78, 5) is 22.9. The largest absolute Gasteiger partial charge is 0.324 e. The Kier molecular flexibility index (Phi) is 3.85. The Morgan fingerprint density at radius 2 is 2.00 bits per heavy atom. The minimum Gasteiger partial charge on any atom is -0.324 e. The number of nitrogens with zero attached hydrogens (tertiary/aromatic N) is 3. The van der Waals surface area contributed by atoms with Crippen molar-refractivity contribution in [3.63, 3.8) is 0 Å². The Labute approximate surface area is 144 Å². The standard InChI is InChI=1S/C19H15FN4O/c20-14-5-3-6-15(12-14)22-19-21-10-8-16(23-19)18(25)24-11-9-13-4-1-2-7-17(13)24/h1-8,10,12H,9,11H2,(H,21,22,23). The molecule has 0 fully saturated rings. The number of amides is 1. The average Bonchev–Trinajstić information content (AvgIpc) is 3.05. The molecule has 1 amide bonds. The van der Waals surface area contributed by atoms with Crippen molar-refractivity contribution in [3.05, 3.63) is 77.9 Å². The third-order valence-corrected chi connectivity index (χ3v) is 4.09. The van der Waals surface area contributed by atoms with Crippen molar-refractivity contribution in [2.24, 2.45) is 0 Å². The van der Waals surface area contributed by atoms with Crippen LogP contribution >= 0.6 is 0 Å². The van der Waals surface area contributed by atoms with Crippen molar-refractivity contribution in [1.29, 1.82) is 0 Å². The van der Waals surface area contributed by atoms with Crippen LogP contribution < -0.4 is 10.2 Å². The van der Waals surface area contributed by atoms with Crippen LogP contribution in [0.5, 0.6) is 0 Å². The zero-order chi connectivity index (χ0) is 17.2. The van der Waals surface area contributed by atoms with E-state index in [4.69, 9.17) is 0 Å². The Morgan fingerprint density at radius 1 is 1.12 bits per heavy atom. The van der Waals surface area contributed by atoms with E-state index >= 15 is 0 Å². The highest BCUT2D eigenvalue weighted by molar-refractivity contribution is 6.06. The van der Waals surface area contributed by atoms with E-state index in [0.29, 0.717) is 17.9 Å². The van der Waals surface area contributed by atoms with Crippen molar-refractivity contribution < 1.29 is 9.18 Å². The lowest BCUT2D eigenvalue weighted by molar-refractivity contribution is 0.0984. The van der Waals surface area contributed by atoms with Crippen LogP contribution in [-0.4, -0.2) is 22.4 Å². The first kappa shape index (κ1) is 15.3. The van der Waals surface area contributed by atoms with Crippen LogP contribution in [-0.2, 0) is 6.42 Å². The molecule has 0 saturated carbocycles. The van der Waals surface area contributed by atoms with Gasteiger partial charge in [-0.1, -0.05) is 24.3 Å². The smallest absolute Gasteiger partial charge is 0.277 e. The van der Waals surface area contributed by atoms with Gasteiger partial charge in [-0.3, -0.25) is 4.79 Å². The minimum absolute atomic E-state index is 0.172. The average molecular weight is 334 g/mol. The van der Waals surface area contributed by atoms with Gasteiger partial charge in [0.25, 0.3) is 5.91 Å². The van der Waals surface area contributed by atoms with Gasteiger partial charge >= 0.3 is 0 Å². The van der Waals surface area contributed by atoms with E-state index in [9.17, 15) is 9.18 Å². The molecule has 1 N–H and O–H groups in total. The molecule has 0 spiro atoms. The highest BCUT2D eigenvalue weighted by Crippen LogP contribution is 2.28. The van der Waals surface area contributed by atoms with E-state index in [2.05, 4.69) is 15.3 Å². The fraction of sp³-hybridized carbons (Fsp3) is 0.105. The summed E-state index contributed by atoms with van der Waals surface area (Å²) in [5, 5.41) is 2.92. The molecule has 0 saturated heterocycles. The molecular formula is C19H15FN4O. The molecule has 5 nitrogen and oxygen atoms in total. The third-order valence-electron chi connectivity index (χ3n) is 4.09. The number of fused-ring (bicyclic) bond motifs is 1. The molecule has 2 heterocycles. The molecule has 4 rings (SSSR count). The highest BCUT2D eigenvalue weighted by Gasteiger charge is 2.26. The maximum atomic E-state index is 13.3. The molecule has 124 valence electrons. The van der Waals surface area contributed by atoms with Crippen molar-refractivity contribution in [2.45, 2.75) is 6.42 Å². The van der Waals surface area contributed by atoms with Gasteiger partial charge in [-0.05, 0) is 42.3 Å². The summed E-state index contributed by atoms with van der Waals surface area (Å²) < 4.78 is 13.3. The van der Waals surface area contributed by atoms with Crippen LogP contribution in [0.1, 0.15) is 16.1 Å². The number of nitrogens with one attached hydrogen (secondary N) is 1. The number of halogens is 1. The van der Waals surface area contributed by atoms with Gasteiger partial charge in [-0.25, -0.2) is 14.4 Å². The van der Waals surface area contributed by atoms with Gasteiger partial charge in [-0.15, -0.1) is 0 Å². The number of aromatic nitrogens is 2. The van der Waals surface area contributed by atoms with Gasteiger partial charge in [-0.2, -0.15) is 0 Å². The second-order valence-electron chi connectivity index (χ2n) is 5.74. The zero-order valence-electron chi connectivity index (χ0n) is 13.3. The van der Waals surface area contributed by atoms with Crippen LogP contribution in [0, 0.1) is 5.82 Å². The fourth-order valence-electron chi connectivity index (χ4n) is 2.92. The lowest BCUT2D eigenvalue weighted by Gasteiger charge is -2.17. The second-order valence-corrected chi connectivity index (χ2v) is 5.74. The van der Waals surface area contributed by atoms with Gasteiger partial charge in [0, 0.05) is 24.1 Å². The van der Waals surface area contributed by atoms with E-state index in [0.717, 1.165) is 17.7 Å². The molecule has 0 aliphatic carbocycles. The number of carbonyl (C=O) groups is 1. The number of hydrogen-bond acceptors (Lipinski definition) is 4. The van der Waals surface area contributed by atoms with Crippen LogP contribution in [0.2, 0.25) is 0 Å². The Hall–Kier alpha value is -3.28. The number of benzene rings is 2. The van der Waals surface area contributed by atoms with Crippen molar-refractivity contribution in [1.82, 2.24) is 9.97 Å². The maximum Gasteiger partial charge on any atom is 0.277 e.